The molecule has 4 amide bonds. The first-order chi connectivity index (χ1) is 12.0. The highest BCUT2D eigenvalue weighted by molar-refractivity contribution is 6.53. The number of alkyl halides is 2. The second-order valence-electron chi connectivity index (χ2n) is 6.72. The molecular formula is C17H19Cl2N3O4. The van der Waals surface area contributed by atoms with Crippen molar-refractivity contribution < 1.29 is 19.2 Å². The number of amides is 4. The number of nitrogens with one attached hydrogen (secondary N) is 2. The molecule has 0 saturated heterocycles. The predicted molar refractivity (Wildman–Crippen MR) is 97.5 cm³/mol. The molecule has 2 N–H and O–H groups in total. The summed E-state index contributed by atoms with van der Waals surface area (Å²) in [7, 11) is 0. The molecule has 140 valence electrons. The third-order valence-electron chi connectivity index (χ3n) is 3.73. The lowest BCUT2D eigenvalue weighted by atomic mass is 10.1. The van der Waals surface area contributed by atoms with Crippen LogP contribution in [-0.2, 0) is 4.79 Å². The Morgan fingerprint density at radius 3 is 2.19 bits per heavy atom. The van der Waals surface area contributed by atoms with Gasteiger partial charge in [-0.05, 0) is 39.0 Å². The number of carbonyl (C=O) groups is 4. The fourth-order valence-electron chi connectivity index (χ4n) is 2.53. The summed E-state index contributed by atoms with van der Waals surface area (Å²) < 4.78 is 0. The van der Waals surface area contributed by atoms with Gasteiger partial charge in [-0.2, -0.15) is 0 Å². The highest BCUT2D eigenvalue weighted by Gasteiger charge is 2.42. The Kier molecular flexibility index (Phi) is 5.93. The molecule has 1 aromatic rings. The van der Waals surface area contributed by atoms with Gasteiger partial charge in [-0.15, -0.1) is 0 Å². The lowest BCUT2D eigenvalue weighted by Crippen LogP contribution is -2.45. The van der Waals surface area contributed by atoms with Gasteiger partial charge in [-0.1, -0.05) is 23.2 Å². The van der Waals surface area contributed by atoms with Gasteiger partial charge in [0.05, 0.1) is 11.1 Å². The van der Waals surface area contributed by atoms with Crippen molar-refractivity contribution in [2.24, 2.45) is 0 Å². The molecule has 0 fully saturated rings. The first-order valence-electron chi connectivity index (χ1n) is 7.91. The van der Waals surface area contributed by atoms with Gasteiger partial charge in [0.15, 0.2) is 4.84 Å². The summed E-state index contributed by atoms with van der Waals surface area (Å²) in [6, 6.07) is 4.37. The van der Waals surface area contributed by atoms with E-state index in [4.69, 9.17) is 23.2 Å². The van der Waals surface area contributed by atoms with Crippen molar-refractivity contribution in [2.45, 2.75) is 31.1 Å². The first kappa shape index (κ1) is 20.2. The van der Waals surface area contributed by atoms with Gasteiger partial charge < -0.3 is 10.6 Å². The van der Waals surface area contributed by atoms with Crippen molar-refractivity contribution in [1.82, 2.24) is 15.5 Å². The van der Waals surface area contributed by atoms with Gasteiger partial charge in [-0.25, -0.2) is 0 Å². The molecule has 9 heteroatoms. The lowest BCUT2D eigenvalue weighted by molar-refractivity contribution is -0.119. The van der Waals surface area contributed by atoms with Crippen molar-refractivity contribution in [2.75, 3.05) is 13.1 Å². The number of nitrogens with zero attached hydrogens (tertiary/aromatic N) is 1. The zero-order valence-electron chi connectivity index (χ0n) is 14.6. The van der Waals surface area contributed by atoms with Crippen LogP contribution in [0.3, 0.4) is 0 Å². The second kappa shape index (κ2) is 7.63. The number of hydrogen-bond acceptors (Lipinski definition) is 4. The van der Waals surface area contributed by atoms with Crippen LogP contribution >= 0.6 is 23.2 Å². The van der Waals surface area contributed by atoms with Gasteiger partial charge in [-0.3, -0.25) is 24.1 Å². The number of imide groups is 1. The van der Waals surface area contributed by atoms with Crippen molar-refractivity contribution in [3.8, 4) is 0 Å². The van der Waals surface area contributed by atoms with Crippen LogP contribution in [0.1, 0.15) is 51.8 Å². The molecule has 0 bridgehead atoms. The molecule has 0 radical (unpaired) electrons. The molecule has 2 rings (SSSR count). The van der Waals surface area contributed by atoms with E-state index in [0.717, 1.165) is 0 Å². The minimum Gasteiger partial charge on any atom is -0.352 e. The molecule has 0 atom stereocenters. The summed E-state index contributed by atoms with van der Waals surface area (Å²) in [4.78, 5) is 48.4. The van der Waals surface area contributed by atoms with Crippen molar-refractivity contribution in [3.05, 3.63) is 34.9 Å². The average Bonchev–Trinajstić information content (AvgIpc) is 2.81. The van der Waals surface area contributed by atoms with E-state index >= 15 is 0 Å². The summed E-state index contributed by atoms with van der Waals surface area (Å²) in [6.45, 7) is 5.61. The maximum atomic E-state index is 12.5. The highest BCUT2D eigenvalue weighted by atomic mass is 35.5. The van der Waals surface area contributed by atoms with Crippen molar-refractivity contribution in [3.63, 3.8) is 0 Å². The summed E-state index contributed by atoms with van der Waals surface area (Å²) in [5, 5.41) is 5.05. The predicted octanol–water partition coefficient (Wildman–Crippen LogP) is 1.73. The molecule has 26 heavy (non-hydrogen) atoms. The molecule has 0 aromatic heterocycles. The maximum absolute atomic E-state index is 12.5. The summed E-state index contributed by atoms with van der Waals surface area (Å²) >= 11 is 10.8. The Morgan fingerprint density at radius 1 is 1.04 bits per heavy atom. The lowest BCUT2D eigenvalue weighted by Gasteiger charge is -2.29. The van der Waals surface area contributed by atoms with Crippen LogP contribution in [0.25, 0.3) is 0 Å². The third-order valence-corrected chi connectivity index (χ3v) is 4.12. The van der Waals surface area contributed by atoms with Crippen molar-refractivity contribution >= 4 is 46.8 Å². The molecule has 1 heterocycles. The summed E-state index contributed by atoms with van der Waals surface area (Å²) in [5.41, 5.74) is 0.0813. The molecule has 1 aliphatic heterocycles. The van der Waals surface area contributed by atoms with E-state index in [-0.39, 0.29) is 35.7 Å². The second-order valence-corrected chi connectivity index (χ2v) is 7.82. The van der Waals surface area contributed by atoms with Crippen LogP contribution in [0.2, 0.25) is 0 Å². The van der Waals surface area contributed by atoms with E-state index in [1.165, 1.54) is 23.1 Å². The molecule has 0 spiro atoms. The van der Waals surface area contributed by atoms with Crippen LogP contribution < -0.4 is 10.6 Å². The van der Waals surface area contributed by atoms with Crippen molar-refractivity contribution in [1.29, 1.82) is 0 Å². The zero-order chi connectivity index (χ0) is 19.6. The molecule has 0 saturated carbocycles. The van der Waals surface area contributed by atoms with E-state index in [2.05, 4.69) is 10.6 Å². The Morgan fingerprint density at radius 2 is 1.62 bits per heavy atom. The number of carbonyl (C=O) groups excluding carboxylic acids is 4. The van der Waals surface area contributed by atoms with Gasteiger partial charge in [0, 0.05) is 24.2 Å². The monoisotopic (exact) mass is 399 g/mol. The van der Waals surface area contributed by atoms with Crippen LogP contribution in [-0.4, -0.2) is 52.0 Å². The normalized spacial score (nSPS) is 13.8. The first-order valence-corrected chi connectivity index (χ1v) is 8.78. The van der Waals surface area contributed by atoms with Crippen LogP contribution in [0.15, 0.2) is 18.2 Å². The molecule has 0 aliphatic carbocycles. The smallest absolute Gasteiger partial charge is 0.262 e. The molecule has 7 nitrogen and oxygen atoms in total. The Labute approximate surface area is 161 Å². The maximum Gasteiger partial charge on any atom is 0.262 e. The minimum atomic E-state index is -1.17. The average molecular weight is 400 g/mol. The van der Waals surface area contributed by atoms with Gasteiger partial charge >= 0.3 is 0 Å². The molecule has 0 unspecified atom stereocenters. The van der Waals surface area contributed by atoms with E-state index in [0.29, 0.717) is 0 Å². The largest absolute Gasteiger partial charge is 0.352 e. The van der Waals surface area contributed by atoms with Crippen LogP contribution in [0.4, 0.5) is 0 Å². The molecular weight excluding hydrogens is 381 g/mol. The Hall–Kier alpha value is -2.12. The third kappa shape index (κ3) is 4.16. The van der Waals surface area contributed by atoms with E-state index < -0.39 is 28.1 Å². The number of fused-ring (bicyclic) bond motifs is 1. The Balaban J connectivity index is 2.05. The molecule has 1 aromatic carbocycles. The van der Waals surface area contributed by atoms with E-state index in [1.54, 1.807) is 20.8 Å². The SMILES string of the molecule is CC(C)(C)N1C(=O)c2ccc(C(=O)NCCNC(=O)C(Cl)Cl)cc2C1=O. The van der Waals surface area contributed by atoms with E-state index in [1.807, 2.05) is 0 Å². The number of hydrogen-bond donors (Lipinski definition) is 2. The van der Waals surface area contributed by atoms with Crippen LogP contribution in [0.5, 0.6) is 0 Å². The Bertz CT molecular complexity index is 772. The topological polar surface area (TPSA) is 95.6 Å². The van der Waals surface area contributed by atoms with E-state index in [9.17, 15) is 19.2 Å². The highest BCUT2D eigenvalue weighted by Crippen LogP contribution is 2.29. The fourth-order valence-corrected chi connectivity index (χ4v) is 2.69. The number of benzene rings is 1. The van der Waals surface area contributed by atoms with Crippen LogP contribution in [0, 0.1) is 0 Å². The zero-order valence-corrected chi connectivity index (χ0v) is 16.1. The summed E-state index contributed by atoms with van der Waals surface area (Å²) in [5.74, 6) is -1.77. The number of halogens is 2. The standard InChI is InChI=1S/C17H19Cl2N3O4/c1-17(2,3)22-15(25)10-5-4-9(8-11(10)16(22)26)13(23)20-6-7-21-14(24)12(18)19/h4-5,8,12H,6-7H2,1-3H3,(H,20,23)(H,21,24). The van der Waals surface area contributed by atoms with Gasteiger partial charge in [0.1, 0.15) is 0 Å². The minimum absolute atomic E-state index is 0.153. The van der Waals surface area contributed by atoms with Gasteiger partial charge in [0.25, 0.3) is 23.6 Å². The van der Waals surface area contributed by atoms with Gasteiger partial charge in [0.2, 0.25) is 0 Å². The summed E-state index contributed by atoms with van der Waals surface area (Å²) in [6.07, 6.45) is 0. The number of rotatable bonds is 5. The quantitative estimate of drug-likeness (QED) is 0.447. The fraction of sp³-hybridized carbons (Fsp3) is 0.412. The molecule has 1 aliphatic rings.